The minimum atomic E-state index is -2.80. The van der Waals surface area contributed by atoms with Crippen molar-refractivity contribution in [1.82, 2.24) is 9.80 Å². The Balaban J connectivity index is 1.78. The predicted octanol–water partition coefficient (Wildman–Crippen LogP) is 0.874. The second-order valence-corrected chi connectivity index (χ2v) is 12.1. The number of aromatic hydroxyl groups is 1. The van der Waals surface area contributed by atoms with Crippen LogP contribution in [0.1, 0.15) is 55.1 Å². The Hall–Kier alpha value is -3.02. The molecule has 3 aliphatic rings. The third-order valence-electron chi connectivity index (χ3n) is 8.63. The number of primary amides is 1. The Labute approximate surface area is 232 Å². The number of benzene rings is 1. The highest BCUT2D eigenvalue weighted by Gasteiger charge is 2.69. The number of nitrogens with zero attached hydrogens (tertiary/aromatic N) is 2. The van der Waals surface area contributed by atoms with Gasteiger partial charge in [0.2, 0.25) is 5.91 Å². The standard InChI is InChI=1S/C29H38FN3O7/c1-6-7-33(11-13(2)3)12-15-10-18(34)20-16(22(15)30)8-14-9-17-23(32(4)5)25(36)21(28(31)39)27(38)29(17,40)26(37)19(14)24(20)35/h10,13-14,17,19,21,23,34,40H,6-9,11-12H2,1-5H3,(H2,31,39)/t14-,17-,19?,21?,23-,29-/m0/s1. The Morgan fingerprint density at radius 3 is 2.40 bits per heavy atom. The molecule has 1 aromatic rings. The van der Waals surface area contributed by atoms with E-state index in [4.69, 9.17) is 5.73 Å². The van der Waals surface area contributed by atoms with Gasteiger partial charge in [-0.05, 0) is 57.8 Å². The number of hydrogen-bond acceptors (Lipinski definition) is 9. The van der Waals surface area contributed by atoms with Crippen molar-refractivity contribution in [2.45, 2.75) is 58.2 Å². The molecular weight excluding hydrogens is 521 g/mol. The van der Waals surface area contributed by atoms with Crippen molar-refractivity contribution >= 4 is 29.0 Å². The second-order valence-electron chi connectivity index (χ2n) is 12.1. The van der Waals surface area contributed by atoms with Gasteiger partial charge in [-0.3, -0.25) is 33.8 Å². The van der Waals surface area contributed by atoms with E-state index in [1.807, 2.05) is 6.92 Å². The van der Waals surface area contributed by atoms with Crippen LogP contribution in [0.25, 0.3) is 0 Å². The van der Waals surface area contributed by atoms with E-state index in [2.05, 4.69) is 18.7 Å². The molecule has 0 aromatic heterocycles. The fourth-order valence-corrected chi connectivity index (χ4v) is 7.13. The molecule has 3 aliphatic carbocycles. The topological polar surface area (TPSA) is 158 Å². The van der Waals surface area contributed by atoms with E-state index >= 15 is 4.39 Å². The van der Waals surface area contributed by atoms with Crippen LogP contribution in [0.2, 0.25) is 0 Å². The van der Waals surface area contributed by atoms with E-state index in [-0.39, 0.29) is 36.1 Å². The lowest BCUT2D eigenvalue weighted by Gasteiger charge is -2.52. The van der Waals surface area contributed by atoms with Crippen LogP contribution in [0.4, 0.5) is 4.39 Å². The molecule has 4 rings (SSSR count). The van der Waals surface area contributed by atoms with Crippen LogP contribution in [-0.2, 0) is 32.1 Å². The Bertz CT molecular complexity index is 1280. The number of phenols is 1. The summed E-state index contributed by atoms with van der Waals surface area (Å²) in [7, 11) is 3.02. The first-order valence-corrected chi connectivity index (χ1v) is 13.8. The van der Waals surface area contributed by atoms with Gasteiger partial charge in [-0.1, -0.05) is 20.8 Å². The molecule has 0 bridgehead atoms. The highest BCUT2D eigenvalue weighted by Crippen LogP contribution is 2.51. The maximum atomic E-state index is 16.0. The van der Waals surface area contributed by atoms with Crippen molar-refractivity contribution in [3.63, 3.8) is 0 Å². The molecule has 6 atom stereocenters. The fraction of sp³-hybridized carbons (Fsp3) is 0.621. The zero-order valence-corrected chi connectivity index (χ0v) is 23.6. The monoisotopic (exact) mass is 559 g/mol. The third-order valence-corrected chi connectivity index (χ3v) is 8.63. The molecule has 2 fully saturated rings. The summed E-state index contributed by atoms with van der Waals surface area (Å²) < 4.78 is 16.0. The lowest BCUT2D eigenvalue weighted by Crippen LogP contribution is -2.74. The number of carbonyl (C=O) groups is 5. The van der Waals surface area contributed by atoms with Crippen molar-refractivity contribution in [2.24, 2.45) is 35.3 Å². The number of aliphatic hydroxyl groups is 1. The molecule has 40 heavy (non-hydrogen) atoms. The zero-order chi connectivity index (χ0) is 29.8. The van der Waals surface area contributed by atoms with Crippen LogP contribution in [0.3, 0.4) is 0 Å². The van der Waals surface area contributed by atoms with Crippen LogP contribution in [0.5, 0.6) is 5.75 Å². The molecule has 4 N–H and O–H groups in total. The fourth-order valence-electron chi connectivity index (χ4n) is 7.13. The number of ketones is 4. The molecule has 10 nitrogen and oxygen atoms in total. The van der Waals surface area contributed by atoms with Crippen molar-refractivity contribution in [1.29, 1.82) is 0 Å². The number of phenolic OH excluding ortho intramolecular Hbond substituents is 1. The summed E-state index contributed by atoms with van der Waals surface area (Å²) in [5.74, 6) is -11.9. The van der Waals surface area contributed by atoms with Crippen molar-refractivity contribution in [2.75, 3.05) is 27.2 Å². The number of likely N-dealkylation sites (N-methyl/N-ethyl adjacent to an activating group) is 1. The molecule has 218 valence electrons. The lowest BCUT2D eigenvalue weighted by atomic mass is 9.52. The number of hydrogen-bond donors (Lipinski definition) is 3. The van der Waals surface area contributed by atoms with Crippen molar-refractivity contribution in [3.05, 3.63) is 28.6 Å². The van der Waals surface area contributed by atoms with Gasteiger partial charge in [0.25, 0.3) is 0 Å². The summed E-state index contributed by atoms with van der Waals surface area (Å²) in [6.45, 7) is 7.77. The van der Waals surface area contributed by atoms with Crippen molar-refractivity contribution < 1.29 is 38.6 Å². The zero-order valence-electron chi connectivity index (χ0n) is 23.6. The normalized spacial score (nSPS) is 30.1. The smallest absolute Gasteiger partial charge is 0.235 e. The summed E-state index contributed by atoms with van der Waals surface area (Å²) in [6, 6.07) is 0.000319. The van der Waals surface area contributed by atoms with E-state index in [1.165, 1.54) is 25.1 Å². The van der Waals surface area contributed by atoms with Crippen LogP contribution in [-0.4, -0.2) is 87.9 Å². The number of Topliss-reactive ketones (excluding diaryl/α,β-unsaturated/α-hetero) is 4. The molecular formula is C29H38FN3O7. The molecule has 1 aromatic carbocycles. The number of nitrogens with two attached hydrogens (primary N) is 1. The van der Waals surface area contributed by atoms with E-state index in [0.29, 0.717) is 19.0 Å². The number of halogens is 1. The van der Waals surface area contributed by atoms with Crippen LogP contribution in [0, 0.1) is 35.4 Å². The maximum absolute atomic E-state index is 16.0. The summed E-state index contributed by atoms with van der Waals surface area (Å²) in [6.07, 6.45) is 0.627. The number of rotatable bonds is 8. The summed E-state index contributed by atoms with van der Waals surface area (Å²) >= 11 is 0. The predicted molar refractivity (Wildman–Crippen MR) is 142 cm³/mol. The molecule has 11 heteroatoms. The first kappa shape index (κ1) is 30.0. The summed E-state index contributed by atoms with van der Waals surface area (Å²) in [4.78, 5) is 69.5. The first-order chi connectivity index (χ1) is 18.7. The average molecular weight is 560 g/mol. The van der Waals surface area contributed by atoms with Gasteiger partial charge in [-0.25, -0.2) is 4.39 Å². The largest absolute Gasteiger partial charge is 0.507 e. The van der Waals surface area contributed by atoms with Gasteiger partial charge in [0, 0.05) is 30.1 Å². The lowest BCUT2D eigenvalue weighted by molar-refractivity contribution is -0.181. The number of fused-ring (bicyclic) bond motifs is 3. The highest BCUT2D eigenvalue weighted by molar-refractivity contribution is 6.32. The Kier molecular flexibility index (Phi) is 8.05. The molecule has 0 spiro atoms. The molecule has 1 amide bonds. The third kappa shape index (κ3) is 4.57. The number of carbonyl (C=O) groups excluding carboxylic acids is 5. The molecule has 0 heterocycles. The van der Waals surface area contributed by atoms with Gasteiger partial charge in [0.1, 0.15) is 11.6 Å². The molecule has 2 unspecified atom stereocenters. The minimum absolute atomic E-state index is 0.00892. The van der Waals surface area contributed by atoms with Crippen LogP contribution in [0.15, 0.2) is 6.07 Å². The van der Waals surface area contributed by atoms with Gasteiger partial charge in [-0.2, -0.15) is 0 Å². The highest BCUT2D eigenvalue weighted by atomic mass is 19.1. The quantitative estimate of drug-likeness (QED) is 0.393. The SMILES string of the molecule is CCCN(Cc1cc(O)c2c(c1F)C[C@H]1C[C@H]3[C@H](N(C)C)C(=O)C(C(N)=O)C(=O)[C@@]3(O)C(=O)C1C2=O)CC(C)C. The van der Waals surface area contributed by atoms with Gasteiger partial charge >= 0.3 is 0 Å². The Morgan fingerprint density at radius 1 is 1.20 bits per heavy atom. The van der Waals surface area contributed by atoms with Gasteiger partial charge in [0.15, 0.2) is 34.7 Å². The number of amides is 1. The van der Waals surface area contributed by atoms with Gasteiger partial charge in [0.05, 0.1) is 17.5 Å². The van der Waals surface area contributed by atoms with E-state index < -0.39 is 75.9 Å². The van der Waals surface area contributed by atoms with E-state index in [0.717, 1.165) is 6.42 Å². The molecule has 2 saturated carbocycles. The summed E-state index contributed by atoms with van der Waals surface area (Å²) in [5.41, 5.74) is 2.41. The minimum Gasteiger partial charge on any atom is -0.507 e. The summed E-state index contributed by atoms with van der Waals surface area (Å²) in [5, 5.41) is 22.5. The second kappa shape index (κ2) is 10.8. The van der Waals surface area contributed by atoms with Crippen LogP contribution >= 0.6 is 0 Å². The van der Waals surface area contributed by atoms with E-state index in [1.54, 1.807) is 0 Å². The average Bonchev–Trinajstić information content (AvgIpc) is 2.83. The molecule has 0 radical (unpaired) electrons. The van der Waals surface area contributed by atoms with Gasteiger partial charge < -0.3 is 15.9 Å². The molecule has 0 aliphatic heterocycles. The van der Waals surface area contributed by atoms with E-state index in [9.17, 15) is 34.2 Å². The van der Waals surface area contributed by atoms with Crippen molar-refractivity contribution in [3.8, 4) is 5.75 Å². The Morgan fingerprint density at radius 2 is 1.85 bits per heavy atom. The first-order valence-electron chi connectivity index (χ1n) is 13.8. The molecule has 0 saturated heterocycles. The van der Waals surface area contributed by atoms with Crippen LogP contribution < -0.4 is 5.73 Å². The maximum Gasteiger partial charge on any atom is 0.235 e. The van der Waals surface area contributed by atoms with Gasteiger partial charge in [-0.15, -0.1) is 0 Å².